The molecule has 0 saturated heterocycles. The molecule has 0 N–H and O–H groups in total. The van der Waals surface area contributed by atoms with E-state index >= 15 is 0 Å². The number of hydrogen-bond donors (Lipinski definition) is 0. The fourth-order valence-electron chi connectivity index (χ4n) is 2.35. The summed E-state index contributed by atoms with van der Waals surface area (Å²) in [6, 6.07) is 0. The maximum atomic E-state index is 2.34. The van der Waals surface area contributed by atoms with E-state index in [1.54, 1.807) is 22.3 Å². The monoisotopic (exact) mass is 178 g/mol. The first-order valence-electron chi connectivity index (χ1n) is 5.39. The third-order valence-electron chi connectivity index (χ3n) is 3.82. The molecule has 1 rings (SSSR count). The summed E-state index contributed by atoms with van der Waals surface area (Å²) in [6.45, 7) is 13.8. The van der Waals surface area contributed by atoms with Crippen LogP contribution in [-0.2, 0) is 0 Å². The van der Waals surface area contributed by atoms with Gasteiger partial charge in [0.2, 0.25) is 0 Å². The molecule has 0 spiro atoms. The van der Waals surface area contributed by atoms with E-state index in [-0.39, 0.29) is 0 Å². The van der Waals surface area contributed by atoms with Crippen molar-refractivity contribution in [1.82, 2.24) is 0 Å². The normalized spacial score (nSPS) is 25.8. The van der Waals surface area contributed by atoms with Crippen molar-refractivity contribution in [2.75, 3.05) is 0 Å². The fraction of sp³-hybridized carbons (Fsp3) is 0.692. The van der Waals surface area contributed by atoms with Crippen LogP contribution in [0.2, 0.25) is 0 Å². The lowest BCUT2D eigenvalue weighted by Crippen LogP contribution is -2.00. The number of hydrogen-bond acceptors (Lipinski definition) is 0. The highest BCUT2D eigenvalue weighted by Crippen LogP contribution is 2.40. The summed E-state index contributed by atoms with van der Waals surface area (Å²) in [5.41, 5.74) is 6.36. The molecule has 0 nitrogen and oxygen atoms in total. The predicted octanol–water partition coefficient (Wildman–Crippen LogP) is 4.34. The Kier molecular flexibility index (Phi) is 3.00. The Hall–Kier alpha value is -0.520. The molecule has 2 unspecified atom stereocenters. The molecule has 1 aliphatic carbocycles. The molecule has 0 aromatic rings. The molecular weight excluding hydrogens is 156 g/mol. The minimum atomic E-state index is 0.684. The molecule has 13 heavy (non-hydrogen) atoms. The smallest absolute Gasteiger partial charge is 0.00151 e. The Morgan fingerprint density at radius 3 is 2.00 bits per heavy atom. The third kappa shape index (κ3) is 1.59. The van der Waals surface area contributed by atoms with Gasteiger partial charge in [-0.1, -0.05) is 31.9 Å². The summed E-state index contributed by atoms with van der Waals surface area (Å²) in [5.74, 6) is 1.42. The van der Waals surface area contributed by atoms with E-state index in [1.165, 1.54) is 6.42 Å². The summed E-state index contributed by atoms with van der Waals surface area (Å²) in [5, 5.41) is 0. The summed E-state index contributed by atoms with van der Waals surface area (Å²) < 4.78 is 0. The van der Waals surface area contributed by atoms with Gasteiger partial charge in [0.25, 0.3) is 0 Å². The van der Waals surface area contributed by atoms with Crippen molar-refractivity contribution in [3.05, 3.63) is 22.3 Å². The van der Waals surface area contributed by atoms with Gasteiger partial charge in [0.15, 0.2) is 0 Å². The van der Waals surface area contributed by atoms with Gasteiger partial charge in [-0.05, 0) is 50.2 Å². The topological polar surface area (TPSA) is 0 Å². The van der Waals surface area contributed by atoms with Crippen molar-refractivity contribution in [2.45, 2.75) is 48.0 Å². The summed E-state index contributed by atoms with van der Waals surface area (Å²) in [4.78, 5) is 0. The molecule has 0 amide bonds. The van der Waals surface area contributed by atoms with Gasteiger partial charge in [0, 0.05) is 0 Å². The van der Waals surface area contributed by atoms with Crippen LogP contribution in [0.3, 0.4) is 0 Å². The Bertz CT molecular complexity index is 266. The van der Waals surface area contributed by atoms with Gasteiger partial charge in [0.1, 0.15) is 0 Å². The van der Waals surface area contributed by atoms with Gasteiger partial charge in [0.05, 0.1) is 0 Å². The lowest BCUT2D eigenvalue weighted by atomic mass is 9.91. The van der Waals surface area contributed by atoms with Crippen LogP contribution < -0.4 is 0 Å². The zero-order valence-corrected chi connectivity index (χ0v) is 9.86. The van der Waals surface area contributed by atoms with E-state index in [4.69, 9.17) is 0 Å². The fourth-order valence-corrected chi connectivity index (χ4v) is 2.35. The van der Waals surface area contributed by atoms with Crippen LogP contribution >= 0.6 is 0 Å². The molecule has 0 aromatic carbocycles. The number of allylic oxidation sites excluding steroid dienone is 4. The quantitative estimate of drug-likeness (QED) is 0.590. The Morgan fingerprint density at radius 2 is 1.69 bits per heavy atom. The van der Waals surface area contributed by atoms with E-state index in [9.17, 15) is 0 Å². The second kappa shape index (κ2) is 3.69. The zero-order valence-electron chi connectivity index (χ0n) is 9.86. The van der Waals surface area contributed by atoms with Crippen molar-refractivity contribution >= 4 is 0 Å². The van der Waals surface area contributed by atoms with Gasteiger partial charge in [-0.3, -0.25) is 0 Å². The van der Waals surface area contributed by atoms with Crippen molar-refractivity contribution in [3.63, 3.8) is 0 Å². The lowest BCUT2D eigenvalue weighted by Gasteiger charge is -2.14. The van der Waals surface area contributed by atoms with Crippen molar-refractivity contribution in [1.29, 1.82) is 0 Å². The maximum absolute atomic E-state index is 2.34. The zero-order chi connectivity index (χ0) is 10.2. The molecule has 1 aliphatic rings. The largest absolute Gasteiger partial charge is 0.0648 e. The average Bonchev–Trinajstić information content (AvgIpc) is 2.30. The second-order valence-electron chi connectivity index (χ2n) is 4.44. The first-order valence-corrected chi connectivity index (χ1v) is 5.39. The first kappa shape index (κ1) is 10.6. The van der Waals surface area contributed by atoms with Crippen LogP contribution in [0.15, 0.2) is 22.3 Å². The van der Waals surface area contributed by atoms with E-state index in [2.05, 4.69) is 41.5 Å². The molecule has 0 aromatic heterocycles. The maximum Gasteiger partial charge on any atom is -0.00151 e. The van der Waals surface area contributed by atoms with E-state index in [0.717, 1.165) is 5.92 Å². The molecule has 74 valence electrons. The van der Waals surface area contributed by atoms with Crippen LogP contribution in [0.25, 0.3) is 0 Å². The van der Waals surface area contributed by atoms with E-state index in [1.807, 2.05) is 0 Å². The molecule has 0 radical (unpaired) electrons. The Labute approximate surface area is 82.7 Å². The minimum absolute atomic E-state index is 0.684. The summed E-state index contributed by atoms with van der Waals surface area (Å²) in [6.07, 6.45) is 1.25. The van der Waals surface area contributed by atoms with Crippen LogP contribution in [0.1, 0.15) is 48.0 Å². The number of rotatable bonds is 2. The van der Waals surface area contributed by atoms with Gasteiger partial charge in [-0.15, -0.1) is 0 Å². The van der Waals surface area contributed by atoms with Gasteiger partial charge >= 0.3 is 0 Å². The Morgan fingerprint density at radius 1 is 1.15 bits per heavy atom. The van der Waals surface area contributed by atoms with Gasteiger partial charge < -0.3 is 0 Å². The van der Waals surface area contributed by atoms with E-state index < -0.39 is 0 Å². The van der Waals surface area contributed by atoms with Crippen molar-refractivity contribution in [3.8, 4) is 0 Å². The molecule has 0 aliphatic heterocycles. The molecule has 2 atom stereocenters. The van der Waals surface area contributed by atoms with Crippen LogP contribution in [0, 0.1) is 11.8 Å². The standard InChI is InChI=1S/C13H22/c1-7-8(2)13-11(5)9(3)10(4)12(13)6/h8-9H,7H2,1-6H3. The lowest BCUT2D eigenvalue weighted by molar-refractivity contribution is 0.653. The van der Waals surface area contributed by atoms with Crippen LogP contribution in [0.5, 0.6) is 0 Å². The average molecular weight is 178 g/mol. The van der Waals surface area contributed by atoms with Gasteiger partial charge in [-0.25, -0.2) is 0 Å². The molecule has 0 fully saturated rings. The van der Waals surface area contributed by atoms with Crippen LogP contribution in [-0.4, -0.2) is 0 Å². The summed E-state index contributed by atoms with van der Waals surface area (Å²) in [7, 11) is 0. The van der Waals surface area contributed by atoms with Crippen LogP contribution in [0.4, 0.5) is 0 Å². The van der Waals surface area contributed by atoms with Gasteiger partial charge in [-0.2, -0.15) is 0 Å². The highest BCUT2D eigenvalue weighted by Gasteiger charge is 2.25. The SMILES string of the molecule is CCC(C)C1=C(C)C(C)C(C)=C1C. The molecule has 0 heterocycles. The predicted molar refractivity (Wildman–Crippen MR) is 59.7 cm³/mol. The highest BCUT2D eigenvalue weighted by atomic mass is 14.3. The Balaban J connectivity index is 3.08. The van der Waals surface area contributed by atoms with E-state index in [0.29, 0.717) is 5.92 Å². The van der Waals surface area contributed by atoms with Crippen molar-refractivity contribution < 1.29 is 0 Å². The molecule has 0 heteroatoms. The first-order chi connectivity index (χ1) is 6.00. The highest BCUT2D eigenvalue weighted by molar-refractivity contribution is 5.47. The molecular formula is C13H22. The summed E-state index contributed by atoms with van der Waals surface area (Å²) >= 11 is 0. The van der Waals surface area contributed by atoms with Crippen molar-refractivity contribution in [2.24, 2.45) is 11.8 Å². The molecule has 0 saturated carbocycles. The minimum Gasteiger partial charge on any atom is -0.0648 e. The second-order valence-corrected chi connectivity index (χ2v) is 4.44. The molecule has 0 bridgehead atoms. The third-order valence-corrected chi connectivity index (χ3v) is 3.82.